The number of rotatable bonds is 3. The van der Waals surface area contributed by atoms with E-state index in [9.17, 15) is 5.11 Å². The van der Waals surface area contributed by atoms with Crippen LogP contribution in [-0.2, 0) is 5.60 Å². The fraction of sp³-hybridized carbons (Fsp3) is 0.583. The van der Waals surface area contributed by atoms with Crippen LogP contribution in [0.4, 0.5) is 0 Å². The lowest BCUT2D eigenvalue weighted by Gasteiger charge is -2.12. The SMILES string of the molecule is CCCC1CC1(O)c1cccnc1C. The molecule has 1 aromatic heterocycles. The van der Waals surface area contributed by atoms with Gasteiger partial charge in [-0.25, -0.2) is 0 Å². The number of aryl methyl sites for hydroxylation is 1. The van der Waals surface area contributed by atoms with Crippen molar-refractivity contribution in [1.82, 2.24) is 4.98 Å². The summed E-state index contributed by atoms with van der Waals surface area (Å²) in [6, 6.07) is 3.90. The van der Waals surface area contributed by atoms with Crippen molar-refractivity contribution >= 4 is 0 Å². The first-order chi connectivity index (χ1) is 6.68. The van der Waals surface area contributed by atoms with Gasteiger partial charge in [-0.05, 0) is 31.7 Å². The summed E-state index contributed by atoms with van der Waals surface area (Å²) in [4.78, 5) is 4.22. The molecule has 14 heavy (non-hydrogen) atoms. The highest BCUT2D eigenvalue weighted by Gasteiger charge is 2.53. The van der Waals surface area contributed by atoms with Gasteiger partial charge in [0.1, 0.15) is 0 Å². The highest BCUT2D eigenvalue weighted by molar-refractivity contribution is 5.32. The van der Waals surface area contributed by atoms with Gasteiger partial charge in [-0.15, -0.1) is 0 Å². The van der Waals surface area contributed by atoms with Gasteiger partial charge in [0.25, 0.3) is 0 Å². The third-order valence-corrected chi connectivity index (χ3v) is 3.18. The Morgan fingerprint density at radius 2 is 2.43 bits per heavy atom. The van der Waals surface area contributed by atoms with Crippen LogP contribution in [0.1, 0.15) is 37.4 Å². The van der Waals surface area contributed by atoms with Gasteiger partial charge in [0, 0.05) is 17.5 Å². The van der Waals surface area contributed by atoms with E-state index in [0.717, 1.165) is 30.5 Å². The van der Waals surface area contributed by atoms with Crippen LogP contribution >= 0.6 is 0 Å². The molecule has 1 heterocycles. The number of aliphatic hydroxyl groups is 1. The number of hydrogen-bond acceptors (Lipinski definition) is 2. The molecule has 2 nitrogen and oxygen atoms in total. The summed E-state index contributed by atoms with van der Waals surface area (Å²) >= 11 is 0. The minimum absolute atomic E-state index is 0.454. The lowest BCUT2D eigenvalue weighted by Crippen LogP contribution is -2.11. The van der Waals surface area contributed by atoms with Gasteiger partial charge in [0.15, 0.2) is 0 Å². The van der Waals surface area contributed by atoms with Crippen LogP contribution in [0.2, 0.25) is 0 Å². The van der Waals surface area contributed by atoms with E-state index in [1.165, 1.54) is 0 Å². The first-order valence-electron chi connectivity index (χ1n) is 5.33. The van der Waals surface area contributed by atoms with Gasteiger partial charge in [0.05, 0.1) is 5.60 Å². The zero-order chi connectivity index (χ0) is 10.2. The highest BCUT2D eigenvalue weighted by Crippen LogP contribution is 2.54. The predicted octanol–water partition coefficient (Wildman–Crippen LogP) is 2.40. The van der Waals surface area contributed by atoms with Gasteiger partial charge < -0.3 is 5.11 Å². The molecule has 2 rings (SSSR count). The van der Waals surface area contributed by atoms with Crippen molar-refractivity contribution in [1.29, 1.82) is 0 Å². The van der Waals surface area contributed by atoms with E-state index in [1.54, 1.807) is 6.20 Å². The van der Waals surface area contributed by atoms with E-state index in [4.69, 9.17) is 0 Å². The molecule has 0 aliphatic heterocycles. The molecule has 1 aliphatic carbocycles. The normalized spacial score (nSPS) is 30.4. The molecule has 1 N–H and O–H groups in total. The first-order valence-corrected chi connectivity index (χ1v) is 5.33. The molecule has 0 spiro atoms. The minimum Gasteiger partial charge on any atom is -0.385 e. The topological polar surface area (TPSA) is 33.1 Å². The lowest BCUT2D eigenvalue weighted by atomic mass is 10.0. The van der Waals surface area contributed by atoms with Crippen LogP contribution in [0, 0.1) is 12.8 Å². The van der Waals surface area contributed by atoms with Crippen molar-refractivity contribution in [2.24, 2.45) is 5.92 Å². The molecular weight excluding hydrogens is 174 g/mol. The molecule has 2 unspecified atom stereocenters. The maximum absolute atomic E-state index is 10.3. The lowest BCUT2D eigenvalue weighted by molar-refractivity contribution is 0.128. The first kappa shape index (κ1) is 9.66. The molecule has 0 aromatic carbocycles. The largest absolute Gasteiger partial charge is 0.385 e. The third kappa shape index (κ3) is 1.44. The van der Waals surface area contributed by atoms with Crippen LogP contribution in [-0.4, -0.2) is 10.1 Å². The van der Waals surface area contributed by atoms with Crippen molar-refractivity contribution in [3.05, 3.63) is 29.6 Å². The number of aromatic nitrogens is 1. The standard InChI is InChI=1S/C12H17NO/c1-3-5-10-8-12(10,14)11-6-4-7-13-9(11)2/h4,6-7,10,14H,3,5,8H2,1-2H3. The summed E-state index contributed by atoms with van der Waals surface area (Å²) in [5.41, 5.74) is 1.43. The number of pyridine rings is 1. The van der Waals surface area contributed by atoms with Crippen LogP contribution in [0.25, 0.3) is 0 Å². The Labute approximate surface area is 85.0 Å². The van der Waals surface area contributed by atoms with Crippen LogP contribution in [0.15, 0.2) is 18.3 Å². The Kier molecular flexibility index (Phi) is 2.31. The molecule has 2 heteroatoms. The van der Waals surface area contributed by atoms with E-state index in [2.05, 4.69) is 11.9 Å². The highest BCUT2D eigenvalue weighted by atomic mass is 16.3. The van der Waals surface area contributed by atoms with E-state index in [1.807, 2.05) is 19.1 Å². The van der Waals surface area contributed by atoms with Crippen molar-refractivity contribution in [3.63, 3.8) is 0 Å². The van der Waals surface area contributed by atoms with E-state index >= 15 is 0 Å². The van der Waals surface area contributed by atoms with Crippen LogP contribution in [0.5, 0.6) is 0 Å². The average Bonchev–Trinajstić information content (AvgIpc) is 2.79. The fourth-order valence-electron chi connectivity index (χ4n) is 2.28. The van der Waals surface area contributed by atoms with Crippen molar-refractivity contribution in [2.45, 2.75) is 38.7 Å². The third-order valence-electron chi connectivity index (χ3n) is 3.18. The average molecular weight is 191 g/mol. The fourth-order valence-corrected chi connectivity index (χ4v) is 2.28. The Morgan fingerprint density at radius 1 is 1.64 bits per heavy atom. The van der Waals surface area contributed by atoms with Gasteiger partial charge in [-0.2, -0.15) is 0 Å². The summed E-state index contributed by atoms with van der Waals surface area (Å²) in [6.45, 7) is 4.13. The Bertz CT molecular complexity index is 337. The Balaban J connectivity index is 2.21. The number of nitrogens with zero attached hydrogens (tertiary/aromatic N) is 1. The molecule has 2 atom stereocenters. The van der Waals surface area contributed by atoms with Crippen LogP contribution < -0.4 is 0 Å². The van der Waals surface area contributed by atoms with E-state index < -0.39 is 5.60 Å². The summed E-state index contributed by atoms with van der Waals surface area (Å²) in [6.07, 6.45) is 4.95. The molecule has 1 aliphatic rings. The summed E-state index contributed by atoms with van der Waals surface area (Å²) in [7, 11) is 0. The second kappa shape index (κ2) is 3.35. The zero-order valence-corrected chi connectivity index (χ0v) is 8.83. The summed E-state index contributed by atoms with van der Waals surface area (Å²) < 4.78 is 0. The van der Waals surface area contributed by atoms with Crippen LogP contribution in [0.3, 0.4) is 0 Å². The second-order valence-corrected chi connectivity index (χ2v) is 4.25. The quantitative estimate of drug-likeness (QED) is 0.795. The van der Waals surface area contributed by atoms with Crippen molar-refractivity contribution in [3.8, 4) is 0 Å². The maximum atomic E-state index is 10.3. The monoisotopic (exact) mass is 191 g/mol. The van der Waals surface area contributed by atoms with Crippen molar-refractivity contribution in [2.75, 3.05) is 0 Å². The molecule has 0 amide bonds. The van der Waals surface area contributed by atoms with E-state index in [-0.39, 0.29) is 0 Å². The molecule has 1 saturated carbocycles. The molecule has 0 radical (unpaired) electrons. The smallest absolute Gasteiger partial charge is 0.0947 e. The molecule has 1 aromatic rings. The van der Waals surface area contributed by atoms with Gasteiger partial charge in [0.2, 0.25) is 0 Å². The van der Waals surface area contributed by atoms with Crippen molar-refractivity contribution < 1.29 is 5.11 Å². The predicted molar refractivity (Wildman–Crippen MR) is 55.9 cm³/mol. The van der Waals surface area contributed by atoms with Gasteiger partial charge in [-0.3, -0.25) is 4.98 Å². The zero-order valence-electron chi connectivity index (χ0n) is 8.83. The Hall–Kier alpha value is -0.890. The van der Waals surface area contributed by atoms with Gasteiger partial charge >= 0.3 is 0 Å². The second-order valence-electron chi connectivity index (χ2n) is 4.25. The van der Waals surface area contributed by atoms with Gasteiger partial charge in [-0.1, -0.05) is 19.4 Å². The minimum atomic E-state index is -0.561. The summed E-state index contributed by atoms with van der Waals surface area (Å²) in [5.74, 6) is 0.454. The Morgan fingerprint density at radius 3 is 3.07 bits per heavy atom. The molecule has 0 bridgehead atoms. The maximum Gasteiger partial charge on any atom is 0.0947 e. The molecule has 76 valence electrons. The molecule has 0 saturated heterocycles. The summed E-state index contributed by atoms with van der Waals surface area (Å²) in [5, 5.41) is 10.3. The molecular formula is C12H17NO. The molecule has 1 fully saturated rings. The van der Waals surface area contributed by atoms with E-state index in [0.29, 0.717) is 5.92 Å². The number of hydrogen-bond donors (Lipinski definition) is 1.